The molecule has 0 radical (unpaired) electrons. The first-order valence-corrected chi connectivity index (χ1v) is 8.95. The van der Waals surface area contributed by atoms with Crippen LogP contribution < -0.4 is 10.1 Å². The summed E-state index contributed by atoms with van der Waals surface area (Å²) in [6.45, 7) is 3.27. The maximum atomic E-state index is 12.4. The molecule has 26 heavy (non-hydrogen) atoms. The fraction of sp³-hybridized carbons (Fsp3) is 0.105. The van der Waals surface area contributed by atoms with Gasteiger partial charge in [0, 0.05) is 28.0 Å². The standard InChI is InChI=1S/C19H15ClN2O3S/c1-11-17(13-3-7-15(20)8-4-13)21-19(26-11)22-18(24)14-5-9-16(10-6-14)25-12(2)23/h3-10H,1-2H3,(H,21,22,24). The number of thiazole rings is 1. The van der Waals surface area contributed by atoms with Gasteiger partial charge in [0.15, 0.2) is 5.13 Å². The third-order valence-electron chi connectivity index (χ3n) is 3.51. The van der Waals surface area contributed by atoms with Gasteiger partial charge >= 0.3 is 5.97 Å². The van der Waals surface area contributed by atoms with Crippen LogP contribution in [0.5, 0.6) is 5.75 Å². The maximum Gasteiger partial charge on any atom is 0.308 e. The molecule has 0 aliphatic carbocycles. The SMILES string of the molecule is CC(=O)Oc1ccc(C(=O)Nc2nc(-c3ccc(Cl)cc3)c(C)s2)cc1. The first-order valence-electron chi connectivity index (χ1n) is 7.75. The van der Waals surface area contributed by atoms with Gasteiger partial charge in [0.05, 0.1) is 5.69 Å². The number of rotatable bonds is 4. The van der Waals surface area contributed by atoms with Crippen LogP contribution in [0.1, 0.15) is 22.2 Å². The molecule has 1 heterocycles. The average Bonchev–Trinajstić information content (AvgIpc) is 2.96. The topological polar surface area (TPSA) is 68.3 Å². The second-order valence-electron chi connectivity index (χ2n) is 5.50. The molecule has 0 aliphatic rings. The molecule has 5 nitrogen and oxygen atoms in total. The van der Waals surface area contributed by atoms with E-state index in [2.05, 4.69) is 10.3 Å². The first-order chi connectivity index (χ1) is 12.4. The summed E-state index contributed by atoms with van der Waals surface area (Å²) in [5.74, 6) is -0.296. The number of anilines is 1. The van der Waals surface area contributed by atoms with E-state index in [1.807, 2.05) is 19.1 Å². The molecule has 7 heteroatoms. The normalized spacial score (nSPS) is 10.4. The van der Waals surface area contributed by atoms with E-state index in [1.54, 1.807) is 36.4 Å². The number of benzene rings is 2. The highest BCUT2D eigenvalue weighted by Gasteiger charge is 2.13. The molecule has 1 aromatic heterocycles. The molecule has 0 fully saturated rings. The lowest BCUT2D eigenvalue weighted by Gasteiger charge is -2.04. The molecule has 1 N–H and O–H groups in total. The zero-order valence-electron chi connectivity index (χ0n) is 14.1. The minimum Gasteiger partial charge on any atom is -0.427 e. The van der Waals surface area contributed by atoms with Gasteiger partial charge in [0.25, 0.3) is 5.91 Å². The van der Waals surface area contributed by atoms with Gasteiger partial charge in [0.2, 0.25) is 0 Å². The Labute approximate surface area is 159 Å². The average molecular weight is 387 g/mol. The number of aromatic nitrogens is 1. The van der Waals surface area contributed by atoms with Gasteiger partial charge in [-0.1, -0.05) is 23.7 Å². The molecule has 0 unspecified atom stereocenters. The number of amides is 1. The number of hydrogen-bond donors (Lipinski definition) is 1. The molecular weight excluding hydrogens is 372 g/mol. The zero-order valence-corrected chi connectivity index (χ0v) is 15.6. The van der Waals surface area contributed by atoms with E-state index in [1.165, 1.54) is 18.3 Å². The van der Waals surface area contributed by atoms with Crippen molar-refractivity contribution in [2.45, 2.75) is 13.8 Å². The first kappa shape index (κ1) is 18.1. The van der Waals surface area contributed by atoms with Crippen LogP contribution in [0, 0.1) is 6.92 Å². The second kappa shape index (κ2) is 7.68. The van der Waals surface area contributed by atoms with Crippen molar-refractivity contribution in [3.05, 3.63) is 64.0 Å². The van der Waals surface area contributed by atoms with Crippen LogP contribution in [0.3, 0.4) is 0 Å². The lowest BCUT2D eigenvalue weighted by Crippen LogP contribution is -2.11. The van der Waals surface area contributed by atoms with E-state index in [9.17, 15) is 9.59 Å². The molecule has 1 amide bonds. The van der Waals surface area contributed by atoms with Crippen LogP contribution in [-0.4, -0.2) is 16.9 Å². The monoisotopic (exact) mass is 386 g/mol. The predicted octanol–water partition coefficient (Wildman–Crippen LogP) is 4.95. The number of halogens is 1. The van der Waals surface area contributed by atoms with Crippen molar-refractivity contribution in [3.8, 4) is 17.0 Å². The number of nitrogens with one attached hydrogen (secondary N) is 1. The molecule has 0 saturated heterocycles. The molecule has 3 aromatic rings. The van der Waals surface area contributed by atoms with Crippen LogP contribution in [0.4, 0.5) is 5.13 Å². The molecule has 0 atom stereocenters. The van der Waals surface area contributed by atoms with Crippen molar-refractivity contribution < 1.29 is 14.3 Å². The highest BCUT2D eigenvalue weighted by Crippen LogP contribution is 2.31. The molecule has 0 aliphatic heterocycles. The van der Waals surface area contributed by atoms with Crippen LogP contribution in [0.2, 0.25) is 5.02 Å². The van der Waals surface area contributed by atoms with Gasteiger partial charge in [-0.15, -0.1) is 11.3 Å². The van der Waals surface area contributed by atoms with Crippen molar-refractivity contribution in [1.82, 2.24) is 4.98 Å². The Morgan fingerprint density at radius 2 is 1.73 bits per heavy atom. The second-order valence-corrected chi connectivity index (χ2v) is 7.14. The summed E-state index contributed by atoms with van der Waals surface area (Å²) >= 11 is 7.32. The Morgan fingerprint density at radius 3 is 2.35 bits per heavy atom. The van der Waals surface area contributed by atoms with Gasteiger partial charge in [0.1, 0.15) is 5.75 Å². The fourth-order valence-electron chi connectivity index (χ4n) is 2.34. The number of carbonyl (C=O) groups is 2. The highest BCUT2D eigenvalue weighted by atomic mass is 35.5. The van der Waals surface area contributed by atoms with Gasteiger partial charge in [-0.05, 0) is 43.3 Å². The summed E-state index contributed by atoms with van der Waals surface area (Å²) in [7, 11) is 0. The number of nitrogens with zero attached hydrogens (tertiary/aromatic N) is 1. The van der Waals surface area contributed by atoms with Crippen LogP contribution in [0.25, 0.3) is 11.3 Å². The van der Waals surface area contributed by atoms with Crippen LogP contribution in [-0.2, 0) is 4.79 Å². The van der Waals surface area contributed by atoms with Gasteiger partial charge in [-0.2, -0.15) is 0 Å². The summed E-state index contributed by atoms with van der Waals surface area (Å²) in [5.41, 5.74) is 2.20. The summed E-state index contributed by atoms with van der Waals surface area (Å²) < 4.78 is 4.95. The molecule has 2 aromatic carbocycles. The number of carbonyl (C=O) groups excluding carboxylic acids is 2. The number of ether oxygens (including phenoxy) is 1. The Kier molecular flexibility index (Phi) is 5.35. The number of aryl methyl sites for hydroxylation is 1. The molecule has 132 valence electrons. The quantitative estimate of drug-likeness (QED) is 0.508. The predicted molar refractivity (Wildman–Crippen MR) is 103 cm³/mol. The molecule has 3 rings (SSSR count). The van der Waals surface area contributed by atoms with E-state index in [-0.39, 0.29) is 5.91 Å². The Hall–Kier alpha value is -2.70. The third kappa shape index (κ3) is 4.28. The lowest BCUT2D eigenvalue weighted by molar-refractivity contribution is -0.131. The minimum absolute atomic E-state index is 0.282. The Bertz CT molecular complexity index is 950. The maximum absolute atomic E-state index is 12.4. The molecule has 0 spiro atoms. The van der Waals surface area contributed by atoms with E-state index in [0.29, 0.717) is 21.5 Å². The third-order valence-corrected chi connectivity index (χ3v) is 4.65. The fourth-order valence-corrected chi connectivity index (χ4v) is 3.29. The zero-order chi connectivity index (χ0) is 18.7. The van der Waals surface area contributed by atoms with Gasteiger partial charge < -0.3 is 4.74 Å². The molecule has 0 bridgehead atoms. The van der Waals surface area contributed by atoms with Crippen molar-refractivity contribution in [3.63, 3.8) is 0 Å². The van der Waals surface area contributed by atoms with Crippen molar-refractivity contribution in [1.29, 1.82) is 0 Å². The van der Waals surface area contributed by atoms with Crippen molar-refractivity contribution in [2.24, 2.45) is 0 Å². The van der Waals surface area contributed by atoms with Gasteiger partial charge in [-0.3, -0.25) is 14.9 Å². The van der Waals surface area contributed by atoms with E-state index in [0.717, 1.165) is 16.1 Å². The highest BCUT2D eigenvalue weighted by molar-refractivity contribution is 7.16. The minimum atomic E-state index is -0.407. The summed E-state index contributed by atoms with van der Waals surface area (Å²) in [5, 5.41) is 3.97. The number of hydrogen-bond acceptors (Lipinski definition) is 5. The molecular formula is C19H15ClN2O3S. The van der Waals surface area contributed by atoms with E-state index in [4.69, 9.17) is 16.3 Å². The Morgan fingerprint density at radius 1 is 1.08 bits per heavy atom. The van der Waals surface area contributed by atoms with Crippen LogP contribution in [0.15, 0.2) is 48.5 Å². The smallest absolute Gasteiger partial charge is 0.308 e. The summed E-state index contributed by atoms with van der Waals surface area (Å²) in [6.07, 6.45) is 0. The van der Waals surface area contributed by atoms with Crippen molar-refractivity contribution in [2.75, 3.05) is 5.32 Å². The lowest BCUT2D eigenvalue weighted by atomic mass is 10.1. The largest absolute Gasteiger partial charge is 0.427 e. The Balaban J connectivity index is 1.74. The number of esters is 1. The van der Waals surface area contributed by atoms with Crippen LogP contribution >= 0.6 is 22.9 Å². The van der Waals surface area contributed by atoms with Gasteiger partial charge in [-0.25, -0.2) is 4.98 Å². The van der Waals surface area contributed by atoms with E-state index < -0.39 is 5.97 Å². The van der Waals surface area contributed by atoms with Crippen molar-refractivity contribution >= 4 is 39.9 Å². The summed E-state index contributed by atoms with van der Waals surface area (Å²) in [6, 6.07) is 13.7. The van der Waals surface area contributed by atoms with E-state index >= 15 is 0 Å². The summed E-state index contributed by atoms with van der Waals surface area (Å²) in [4.78, 5) is 28.8. The molecule has 0 saturated carbocycles.